The molecule has 0 aliphatic rings. The van der Waals surface area contributed by atoms with E-state index in [1.54, 1.807) is 36.4 Å². The zero-order chi connectivity index (χ0) is 14.8. The average Bonchev–Trinajstić information content (AvgIpc) is 2.97. The molecular weight excluding hydrogens is 290 g/mol. The lowest BCUT2D eigenvalue weighted by Gasteiger charge is -2.03. The normalized spacial score (nSPS) is 10.5. The molecule has 6 heteroatoms. The number of aromatic nitrogens is 3. The first kappa shape index (κ1) is 13.3. The van der Waals surface area contributed by atoms with Crippen molar-refractivity contribution in [1.29, 1.82) is 0 Å². The number of aromatic hydroxyl groups is 1. The van der Waals surface area contributed by atoms with Crippen molar-refractivity contribution in [2.75, 3.05) is 0 Å². The van der Waals surface area contributed by atoms with Crippen LogP contribution in [0.15, 0.2) is 54.7 Å². The minimum atomic E-state index is -0.227. The minimum absolute atomic E-state index is 0.0360. The molecule has 104 valence electrons. The van der Waals surface area contributed by atoms with Crippen molar-refractivity contribution in [3.8, 4) is 11.4 Å². The van der Waals surface area contributed by atoms with Gasteiger partial charge in [-0.1, -0.05) is 47.1 Å². The summed E-state index contributed by atoms with van der Waals surface area (Å²) in [5.41, 5.74) is 1.14. The van der Waals surface area contributed by atoms with E-state index in [2.05, 4.69) is 10.3 Å². The second-order valence-electron chi connectivity index (χ2n) is 4.38. The number of phenols is 1. The molecule has 0 saturated carbocycles. The number of hydrogen-bond acceptors (Lipinski definition) is 4. The third kappa shape index (κ3) is 2.64. The van der Waals surface area contributed by atoms with E-state index < -0.39 is 0 Å². The van der Waals surface area contributed by atoms with E-state index in [0.29, 0.717) is 16.3 Å². The Morgan fingerprint density at radius 2 is 1.90 bits per heavy atom. The number of phenolic OH excluding ortho intramolecular Hbond substituents is 1. The number of ketones is 1. The Hall–Kier alpha value is -2.66. The number of carbonyl (C=O) groups excluding carboxylic acids is 1. The van der Waals surface area contributed by atoms with Crippen LogP contribution in [0.25, 0.3) is 5.69 Å². The second-order valence-corrected chi connectivity index (χ2v) is 4.81. The summed E-state index contributed by atoms with van der Waals surface area (Å²) in [5, 5.41) is 18.0. The maximum Gasteiger partial charge on any atom is 0.214 e. The number of carbonyl (C=O) groups is 1. The molecule has 0 bridgehead atoms. The Kier molecular flexibility index (Phi) is 3.41. The molecule has 1 heterocycles. The SMILES string of the molecule is O=C(c1ccccc1)c1cn(-c2ccc(Cl)cc2O)nn1. The van der Waals surface area contributed by atoms with Crippen molar-refractivity contribution in [2.45, 2.75) is 0 Å². The summed E-state index contributed by atoms with van der Waals surface area (Å²) in [5.74, 6) is -0.263. The molecule has 0 aliphatic heterocycles. The summed E-state index contributed by atoms with van der Waals surface area (Å²) in [4.78, 5) is 12.2. The molecule has 1 aromatic heterocycles. The molecule has 3 rings (SSSR count). The number of rotatable bonds is 3. The molecule has 0 atom stereocenters. The van der Waals surface area contributed by atoms with Gasteiger partial charge in [0, 0.05) is 16.7 Å². The smallest absolute Gasteiger partial charge is 0.214 e. The monoisotopic (exact) mass is 299 g/mol. The first-order valence-corrected chi connectivity index (χ1v) is 6.54. The Balaban J connectivity index is 1.95. The predicted octanol–water partition coefficient (Wildman–Crippen LogP) is 2.86. The van der Waals surface area contributed by atoms with Crippen LogP contribution in [0.1, 0.15) is 16.1 Å². The van der Waals surface area contributed by atoms with Gasteiger partial charge in [-0.2, -0.15) is 0 Å². The number of benzene rings is 2. The second kappa shape index (κ2) is 5.38. The van der Waals surface area contributed by atoms with Crippen molar-refractivity contribution in [1.82, 2.24) is 15.0 Å². The average molecular weight is 300 g/mol. The van der Waals surface area contributed by atoms with E-state index in [-0.39, 0.29) is 17.2 Å². The lowest BCUT2D eigenvalue weighted by atomic mass is 10.1. The van der Waals surface area contributed by atoms with Crippen LogP contribution in [-0.4, -0.2) is 25.9 Å². The van der Waals surface area contributed by atoms with E-state index in [1.165, 1.54) is 16.9 Å². The van der Waals surface area contributed by atoms with Gasteiger partial charge >= 0.3 is 0 Å². The molecule has 3 aromatic rings. The fourth-order valence-corrected chi connectivity index (χ4v) is 2.08. The van der Waals surface area contributed by atoms with Crippen LogP contribution < -0.4 is 0 Å². The molecule has 0 fully saturated rings. The van der Waals surface area contributed by atoms with Gasteiger partial charge in [-0.15, -0.1) is 5.10 Å². The van der Waals surface area contributed by atoms with Crippen molar-refractivity contribution < 1.29 is 9.90 Å². The molecule has 0 aliphatic carbocycles. The topological polar surface area (TPSA) is 68.0 Å². The standard InChI is InChI=1S/C15H10ClN3O2/c16-11-6-7-13(14(20)8-11)19-9-12(17-18-19)15(21)10-4-2-1-3-5-10/h1-9,20H. The Bertz CT molecular complexity index is 800. The molecular formula is C15H10ClN3O2. The summed E-state index contributed by atoms with van der Waals surface area (Å²) >= 11 is 5.78. The largest absolute Gasteiger partial charge is 0.506 e. The summed E-state index contributed by atoms with van der Waals surface area (Å²) in [6.07, 6.45) is 1.47. The fraction of sp³-hybridized carbons (Fsp3) is 0. The van der Waals surface area contributed by atoms with E-state index in [0.717, 1.165) is 0 Å². The summed E-state index contributed by atoms with van der Waals surface area (Å²) in [7, 11) is 0. The molecule has 2 aromatic carbocycles. The molecule has 0 saturated heterocycles. The third-order valence-electron chi connectivity index (χ3n) is 2.95. The van der Waals surface area contributed by atoms with E-state index in [9.17, 15) is 9.90 Å². The number of halogens is 1. The molecule has 0 amide bonds. The first-order valence-electron chi connectivity index (χ1n) is 6.16. The molecule has 1 N–H and O–H groups in total. The Morgan fingerprint density at radius 3 is 2.62 bits per heavy atom. The van der Waals surface area contributed by atoms with Crippen LogP contribution in [0, 0.1) is 0 Å². The first-order chi connectivity index (χ1) is 10.1. The maximum absolute atomic E-state index is 12.2. The number of nitrogens with zero attached hydrogens (tertiary/aromatic N) is 3. The van der Waals surface area contributed by atoms with Gasteiger partial charge in [-0.05, 0) is 12.1 Å². The maximum atomic E-state index is 12.2. The summed E-state index contributed by atoms with van der Waals surface area (Å²) in [6, 6.07) is 13.4. The number of hydrogen-bond donors (Lipinski definition) is 1. The van der Waals surface area contributed by atoms with Crippen LogP contribution >= 0.6 is 11.6 Å². The van der Waals surface area contributed by atoms with Crippen molar-refractivity contribution >= 4 is 17.4 Å². The van der Waals surface area contributed by atoms with E-state index >= 15 is 0 Å². The lowest BCUT2D eigenvalue weighted by molar-refractivity contribution is 0.103. The van der Waals surface area contributed by atoms with Gasteiger partial charge in [0.2, 0.25) is 5.78 Å². The van der Waals surface area contributed by atoms with Crippen molar-refractivity contribution in [2.24, 2.45) is 0 Å². The van der Waals surface area contributed by atoms with Crippen molar-refractivity contribution in [3.63, 3.8) is 0 Å². The minimum Gasteiger partial charge on any atom is -0.506 e. The Labute approximate surface area is 125 Å². The van der Waals surface area contributed by atoms with Crippen LogP contribution in [-0.2, 0) is 0 Å². The highest BCUT2D eigenvalue weighted by molar-refractivity contribution is 6.30. The zero-order valence-corrected chi connectivity index (χ0v) is 11.5. The molecule has 5 nitrogen and oxygen atoms in total. The van der Waals surface area contributed by atoms with Crippen LogP contribution in [0.5, 0.6) is 5.75 Å². The third-order valence-corrected chi connectivity index (χ3v) is 3.18. The van der Waals surface area contributed by atoms with E-state index in [1.807, 2.05) is 6.07 Å². The highest BCUT2D eigenvalue weighted by Crippen LogP contribution is 2.24. The van der Waals surface area contributed by atoms with Gasteiger partial charge in [-0.3, -0.25) is 4.79 Å². The fourth-order valence-electron chi connectivity index (χ4n) is 1.91. The van der Waals surface area contributed by atoms with Crippen molar-refractivity contribution in [3.05, 3.63) is 71.0 Å². The van der Waals surface area contributed by atoms with Crippen LogP contribution in [0.2, 0.25) is 5.02 Å². The highest BCUT2D eigenvalue weighted by atomic mass is 35.5. The Morgan fingerprint density at radius 1 is 1.14 bits per heavy atom. The lowest BCUT2D eigenvalue weighted by Crippen LogP contribution is -2.01. The van der Waals surface area contributed by atoms with Crippen LogP contribution in [0.4, 0.5) is 0 Å². The van der Waals surface area contributed by atoms with Gasteiger partial charge in [0.1, 0.15) is 11.4 Å². The quantitative estimate of drug-likeness (QED) is 0.755. The highest BCUT2D eigenvalue weighted by Gasteiger charge is 2.14. The van der Waals surface area contributed by atoms with Gasteiger partial charge in [0.05, 0.1) is 6.20 Å². The van der Waals surface area contributed by atoms with Gasteiger partial charge in [-0.25, -0.2) is 4.68 Å². The molecule has 0 radical (unpaired) electrons. The molecule has 21 heavy (non-hydrogen) atoms. The summed E-state index contributed by atoms with van der Waals surface area (Å²) in [6.45, 7) is 0. The van der Waals surface area contributed by atoms with Gasteiger partial charge in [0.15, 0.2) is 5.69 Å². The predicted molar refractivity (Wildman–Crippen MR) is 77.9 cm³/mol. The zero-order valence-electron chi connectivity index (χ0n) is 10.8. The van der Waals surface area contributed by atoms with Gasteiger partial charge in [0.25, 0.3) is 0 Å². The molecule has 0 unspecified atom stereocenters. The van der Waals surface area contributed by atoms with Gasteiger partial charge < -0.3 is 5.11 Å². The van der Waals surface area contributed by atoms with E-state index in [4.69, 9.17) is 11.6 Å². The summed E-state index contributed by atoms with van der Waals surface area (Å²) < 4.78 is 1.34. The molecule has 0 spiro atoms. The van der Waals surface area contributed by atoms with Crippen LogP contribution in [0.3, 0.4) is 0 Å².